The van der Waals surface area contributed by atoms with Crippen LogP contribution in [0.2, 0.25) is 0 Å². The quantitative estimate of drug-likeness (QED) is 0.513. The van der Waals surface area contributed by atoms with E-state index in [0.717, 1.165) is 20.9 Å². The van der Waals surface area contributed by atoms with Gasteiger partial charge in [-0.25, -0.2) is 4.85 Å². The molecule has 0 saturated heterocycles. The smallest absolute Gasteiger partial charge is 0.187 e. The van der Waals surface area contributed by atoms with E-state index in [-0.39, 0.29) is 5.78 Å². The number of Topliss-reactive ketones (excluding diaryl/α,β-unsaturated/α-hetero) is 1. The minimum Gasteiger partial charge on any atom is -0.293 e. The molecule has 2 heterocycles. The fourth-order valence-electron chi connectivity index (χ4n) is 2.12. The van der Waals surface area contributed by atoms with E-state index in [9.17, 15) is 4.79 Å². The molecular weight excluding hydrogens is 292 g/mol. The highest BCUT2D eigenvalue weighted by molar-refractivity contribution is 7.17. The van der Waals surface area contributed by atoms with E-state index >= 15 is 0 Å². The van der Waals surface area contributed by atoms with Crippen LogP contribution in [0.3, 0.4) is 0 Å². The lowest BCUT2D eigenvalue weighted by Crippen LogP contribution is -2.00. The Balaban J connectivity index is 1.78. The van der Waals surface area contributed by atoms with E-state index in [2.05, 4.69) is 9.83 Å². The summed E-state index contributed by atoms with van der Waals surface area (Å²) >= 11 is 1.48. The first kappa shape index (κ1) is 14.2. The van der Waals surface area contributed by atoms with Gasteiger partial charge in [0.2, 0.25) is 0 Å². The lowest BCUT2D eigenvalue weighted by atomic mass is 10.1. The number of rotatable bonds is 4. The van der Waals surface area contributed by atoms with E-state index in [1.54, 1.807) is 24.5 Å². The Morgan fingerprint density at radius 3 is 2.45 bits per heavy atom. The van der Waals surface area contributed by atoms with Crippen molar-refractivity contribution < 1.29 is 4.79 Å². The molecule has 1 aromatic carbocycles. The molecule has 0 aliphatic carbocycles. The number of hydrogen-bond acceptors (Lipinski definition) is 3. The summed E-state index contributed by atoms with van der Waals surface area (Å²) in [6.45, 7) is 6.96. The van der Waals surface area contributed by atoms with Gasteiger partial charge in [0.15, 0.2) is 11.5 Å². The third-order valence-electron chi connectivity index (χ3n) is 3.28. The Morgan fingerprint density at radius 2 is 1.77 bits per heavy atom. The maximum atomic E-state index is 12.3. The van der Waals surface area contributed by atoms with Gasteiger partial charge in [-0.05, 0) is 35.4 Å². The average molecular weight is 304 g/mol. The summed E-state index contributed by atoms with van der Waals surface area (Å²) in [5.74, 6) is 0.111. The van der Waals surface area contributed by atoms with Crippen LogP contribution in [-0.4, -0.2) is 10.8 Å². The number of aromatic nitrogens is 1. The van der Waals surface area contributed by atoms with Crippen molar-refractivity contribution in [2.45, 2.75) is 6.42 Å². The Morgan fingerprint density at radius 1 is 1.05 bits per heavy atom. The molecule has 0 atom stereocenters. The van der Waals surface area contributed by atoms with Gasteiger partial charge in [-0.3, -0.25) is 9.78 Å². The molecule has 0 radical (unpaired) electrons. The van der Waals surface area contributed by atoms with E-state index in [0.29, 0.717) is 12.1 Å². The number of carbonyl (C=O) groups excluding carboxylic acids is 1. The highest BCUT2D eigenvalue weighted by Gasteiger charge is 2.11. The third kappa shape index (κ3) is 3.11. The maximum Gasteiger partial charge on any atom is 0.187 e. The van der Waals surface area contributed by atoms with Gasteiger partial charge in [0, 0.05) is 23.7 Å². The summed E-state index contributed by atoms with van der Waals surface area (Å²) in [6.07, 6.45) is 3.78. The zero-order valence-electron chi connectivity index (χ0n) is 11.7. The molecule has 3 nitrogen and oxygen atoms in total. The third-order valence-corrected chi connectivity index (χ3v) is 4.45. The van der Waals surface area contributed by atoms with Gasteiger partial charge in [-0.2, -0.15) is 0 Å². The summed E-state index contributed by atoms with van der Waals surface area (Å²) in [5, 5.41) is 0. The fourth-order valence-corrected chi connectivity index (χ4v) is 3.07. The van der Waals surface area contributed by atoms with Crippen molar-refractivity contribution in [3.63, 3.8) is 0 Å². The fraction of sp³-hybridized carbons (Fsp3) is 0.0556. The van der Waals surface area contributed by atoms with Gasteiger partial charge in [-0.15, -0.1) is 11.3 Å². The SMILES string of the molecule is [C-]#[N+]c1ccc(-c2ccc(C(=O)Cc3ccncc3)s2)cc1. The summed E-state index contributed by atoms with van der Waals surface area (Å²) < 4.78 is 0. The second-order valence-corrected chi connectivity index (χ2v) is 5.86. The summed E-state index contributed by atoms with van der Waals surface area (Å²) in [5.41, 5.74) is 2.62. The van der Waals surface area contributed by atoms with Crippen LogP contribution in [0.15, 0.2) is 60.9 Å². The molecule has 0 aliphatic heterocycles. The number of thiophene rings is 1. The molecule has 3 aromatic rings. The second-order valence-electron chi connectivity index (χ2n) is 4.78. The molecule has 0 N–H and O–H groups in total. The predicted octanol–water partition coefficient (Wildman–Crippen LogP) is 4.79. The minimum absolute atomic E-state index is 0.111. The van der Waals surface area contributed by atoms with Gasteiger partial charge in [-0.1, -0.05) is 24.3 Å². The highest BCUT2D eigenvalue weighted by atomic mass is 32.1. The second kappa shape index (κ2) is 6.33. The van der Waals surface area contributed by atoms with Gasteiger partial charge < -0.3 is 0 Å². The molecule has 4 heteroatoms. The monoisotopic (exact) mass is 304 g/mol. The predicted molar refractivity (Wildman–Crippen MR) is 88.3 cm³/mol. The normalized spacial score (nSPS) is 10.1. The molecule has 106 valence electrons. The number of nitrogens with zero attached hydrogens (tertiary/aromatic N) is 2. The topological polar surface area (TPSA) is 34.3 Å². The van der Waals surface area contributed by atoms with Crippen LogP contribution in [-0.2, 0) is 6.42 Å². The maximum absolute atomic E-state index is 12.3. The first-order valence-electron chi connectivity index (χ1n) is 6.76. The standard InChI is InChI=1S/C18H12N2OS/c1-19-15-4-2-14(3-5-15)17-6-7-18(22-17)16(21)12-13-8-10-20-11-9-13/h2-11H,12H2. The van der Waals surface area contributed by atoms with E-state index in [4.69, 9.17) is 6.57 Å². The van der Waals surface area contributed by atoms with Crippen molar-refractivity contribution in [2.75, 3.05) is 0 Å². The Hall–Kier alpha value is -2.77. The van der Waals surface area contributed by atoms with Crippen molar-refractivity contribution in [2.24, 2.45) is 0 Å². The number of pyridine rings is 1. The average Bonchev–Trinajstić information content (AvgIpc) is 3.06. The molecule has 2 aromatic heterocycles. The largest absolute Gasteiger partial charge is 0.293 e. The Labute approximate surface area is 132 Å². The van der Waals surface area contributed by atoms with Crippen LogP contribution < -0.4 is 0 Å². The number of hydrogen-bond donors (Lipinski definition) is 0. The molecule has 0 unspecified atom stereocenters. The van der Waals surface area contributed by atoms with Crippen molar-refractivity contribution in [1.29, 1.82) is 0 Å². The number of ketones is 1. The van der Waals surface area contributed by atoms with Crippen LogP contribution in [0, 0.1) is 6.57 Å². The van der Waals surface area contributed by atoms with Crippen LogP contribution >= 0.6 is 11.3 Å². The van der Waals surface area contributed by atoms with E-state index in [1.807, 2.05) is 36.4 Å². The molecular formula is C18H12N2OS. The van der Waals surface area contributed by atoms with Gasteiger partial charge in [0.1, 0.15) is 0 Å². The minimum atomic E-state index is 0.111. The van der Waals surface area contributed by atoms with Crippen molar-refractivity contribution in [3.8, 4) is 10.4 Å². The summed E-state index contributed by atoms with van der Waals surface area (Å²) in [7, 11) is 0. The molecule has 22 heavy (non-hydrogen) atoms. The van der Waals surface area contributed by atoms with E-state index < -0.39 is 0 Å². The van der Waals surface area contributed by atoms with Crippen molar-refractivity contribution in [3.05, 3.63) is 82.8 Å². The Kier molecular flexibility index (Phi) is 4.08. The molecule has 0 aliphatic rings. The van der Waals surface area contributed by atoms with Crippen molar-refractivity contribution >= 4 is 22.8 Å². The summed E-state index contributed by atoms with van der Waals surface area (Å²) in [6, 6.07) is 14.9. The zero-order valence-corrected chi connectivity index (χ0v) is 12.5. The molecule has 0 spiro atoms. The first-order chi connectivity index (χ1) is 10.8. The van der Waals surface area contributed by atoms with Crippen LogP contribution in [0.5, 0.6) is 0 Å². The Bertz CT molecular complexity index is 830. The van der Waals surface area contributed by atoms with Crippen LogP contribution in [0.4, 0.5) is 5.69 Å². The van der Waals surface area contributed by atoms with Crippen LogP contribution in [0.25, 0.3) is 15.3 Å². The number of carbonyl (C=O) groups is 1. The zero-order chi connectivity index (χ0) is 15.4. The van der Waals surface area contributed by atoms with Gasteiger partial charge in [0.05, 0.1) is 11.4 Å². The molecule has 0 bridgehead atoms. The molecule has 0 fully saturated rings. The first-order valence-corrected chi connectivity index (χ1v) is 7.58. The lowest BCUT2D eigenvalue weighted by molar-refractivity contribution is 0.0997. The molecule has 0 saturated carbocycles. The lowest BCUT2D eigenvalue weighted by Gasteiger charge is -1.99. The van der Waals surface area contributed by atoms with Crippen LogP contribution in [0.1, 0.15) is 15.2 Å². The highest BCUT2D eigenvalue weighted by Crippen LogP contribution is 2.30. The molecule has 0 amide bonds. The molecule has 3 rings (SSSR count). The van der Waals surface area contributed by atoms with Gasteiger partial charge in [0.25, 0.3) is 0 Å². The number of benzene rings is 1. The van der Waals surface area contributed by atoms with Crippen molar-refractivity contribution in [1.82, 2.24) is 4.98 Å². The van der Waals surface area contributed by atoms with E-state index in [1.165, 1.54) is 11.3 Å². The summed E-state index contributed by atoms with van der Waals surface area (Å²) in [4.78, 5) is 21.4. The van der Waals surface area contributed by atoms with Gasteiger partial charge >= 0.3 is 0 Å².